The Labute approximate surface area is 144 Å². The fraction of sp³-hybridized carbons (Fsp3) is 0.727. The molecule has 1 atom stereocenters. The van der Waals surface area contributed by atoms with Gasteiger partial charge in [0.15, 0.2) is 0 Å². The molecule has 2 rings (SSSR count). The van der Waals surface area contributed by atoms with E-state index in [1.165, 1.54) is 74.5 Å². The van der Waals surface area contributed by atoms with Crippen LogP contribution < -0.4 is 5.32 Å². The van der Waals surface area contributed by atoms with Crippen LogP contribution in [0, 0.1) is 5.41 Å². The highest BCUT2D eigenvalue weighted by Gasteiger charge is 2.28. The molecule has 1 unspecified atom stereocenters. The maximum absolute atomic E-state index is 3.98. The van der Waals surface area contributed by atoms with E-state index in [2.05, 4.69) is 51.7 Å². The first-order chi connectivity index (χ1) is 10.9. The van der Waals surface area contributed by atoms with Crippen molar-refractivity contribution in [2.24, 2.45) is 5.41 Å². The minimum atomic E-state index is 0.113. The predicted molar refractivity (Wildman–Crippen MR) is 103 cm³/mol. The Morgan fingerprint density at radius 3 is 2.26 bits per heavy atom. The first kappa shape index (κ1) is 18.5. The summed E-state index contributed by atoms with van der Waals surface area (Å²) >= 11 is 0. The average molecular weight is 316 g/mol. The van der Waals surface area contributed by atoms with Gasteiger partial charge in [-0.1, -0.05) is 64.5 Å². The molecule has 1 saturated carbocycles. The number of rotatable bonds is 6. The Kier molecular flexibility index (Phi) is 6.71. The molecule has 0 radical (unpaired) electrons. The molecule has 0 saturated heterocycles. The third kappa shape index (κ3) is 5.08. The molecule has 130 valence electrons. The smallest absolute Gasteiger partial charge is 0.00818 e. The molecule has 0 heterocycles. The lowest BCUT2D eigenvalue weighted by atomic mass is 9.72. The summed E-state index contributed by atoms with van der Waals surface area (Å²) in [5.41, 5.74) is 4.62. The average Bonchev–Trinajstić information content (AvgIpc) is 2.64. The lowest BCUT2D eigenvalue weighted by Crippen LogP contribution is -2.37. The summed E-state index contributed by atoms with van der Waals surface area (Å²) in [5, 5.41) is 3.92. The normalized spacial score (nSPS) is 22.5. The van der Waals surface area contributed by atoms with Crippen molar-refractivity contribution in [1.29, 1.82) is 0 Å². The summed E-state index contributed by atoms with van der Waals surface area (Å²) in [6.07, 6.45) is 16.9. The van der Waals surface area contributed by atoms with Gasteiger partial charge in [0.2, 0.25) is 0 Å². The summed E-state index contributed by atoms with van der Waals surface area (Å²) < 4.78 is 0. The zero-order valence-corrected chi connectivity index (χ0v) is 15.9. The Bertz CT molecular complexity index is 456. The summed E-state index contributed by atoms with van der Waals surface area (Å²) in [5.74, 6) is 0. The van der Waals surface area contributed by atoms with Gasteiger partial charge in [-0.3, -0.25) is 0 Å². The highest BCUT2D eigenvalue weighted by atomic mass is 14.9. The van der Waals surface area contributed by atoms with Crippen LogP contribution in [0.3, 0.4) is 0 Å². The zero-order chi connectivity index (χ0) is 16.9. The quantitative estimate of drug-likeness (QED) is 0.565. The van der Waals surface area contributed by atoms with Crippen molar-refractivity contribution in [3.63, 3.8) is 0 Å². The molecule has 1 nitrogen and oxygen atoms in total. The van der Waals surface area contributed by atoms with E-state index in [1.807, 2.05) is 0 Å². The van der Waals surface area contributed by atoms with Crippen molar-refractivity contribution < 1.29 is 0 Å². The first-order valence-electron chi connectivity index (χ1n) is 9.76. The molecule has 2 aliphatic rings. The lowest BCUT2D eigenvalue weighted by molar-refractivity contribution is 0.387. The van der Waals surface area contributed by atoms with Crippen LogP contribution in [0.25, 0.3) is 0 Å². The van der Waals surface area contributed by atoms with E-state index in [4.69, 9.17) is 0 Å². The third-order valence-electron chi connectivity index (χ3n) is 5.81. The minimum absolute atomic E-state index is 0.113. The second-order valence-electron chi connectivity index (χ2n) is 8.30. The summed E-state index contributed by atoms with van der Waals surface area (Å²) in [6.45, 7) is 13.1. The highest BCUT2D eigenvalue weighted by molar-refractivity contribution is 5.55. The fourth-order valence-electron chi connectivity index (χ4n) is 4.07. The van der Waals surface area contributed by atoms with E-state index in [-0.39, 0.29) is 5.41 Å². The maximum Gasteiger partial charge on any atom is 0.00818 e. The summed E-state index contributed by atoms with van der Waals surface area (Å²) in [4.78, 5) is 0. The van der Waals surface area contributed by atoms with Crippen LogP contribution in [0.5, 0.6) is 0 Å². The third-order valence-corrected chi connectivity index (χ3v) is 5.81. The molecule has 1 N–H and O–H groups in total. The van der Waals surface area contributed by atoms with E-state index in [9.17, 15) is 0 Å². The number of hydrogen-bond donors (Lipinski definition) is 1. The monoisotopic (exact) mass is 315 g/mol. The van der Waals surface area contributed by atoms with Gasteiger partial charge in [0.25, 0.3) is 0 Å². The van der Waals surface area contributed by atoms with Crippen LogP contribution >= 0.6 is 0 Å². The van der Waals surface area contributed by atoms with Crippen LogP contribution in [0.2, 0.25) is 0 Å². The number of hydrogen-bond acceptors (Lipinski definition) is 1. The topological polar surface area (TPSA) is 12.0 Å². The van der Waals surface area contributed by atoms with Crippen molar-refractivity contribution in [3.8, 4) is 0 Å². The van der Waals surface area contributed by atoms with E-state index >= 15 is 0 Å². The van der Waals surface area contributed by atoms with E-state index in [1.54, 1.807) is 0 Å². The van der Waals surface area contributed by atoms with Crippen LogP contribution in [-0.4, -0.2) is 12.1 Å². The molecule has 0 aliphatic heterocycles. The van der Waals surface area contributed by atoms with Gasteiger partial charge in [-0.15, -0.1) is 6.58 Å². The number of nitrogens with one attached hydrogen (secondary N) is 1. The number of allylic oxidation sites excluding steroid dienone is 4. The van der Waals surface area contributed by atoms with Crippen molar-refractivity contribution in [2.45, 2.75) is 97.6 Å². The second-order valence-corrected chi connectivity index (χ2v) is 8.30. The Morgan fingerprint density at radius 2 is 1.74 bits per heavy atom. The van der Waals surface area contributed by atoms with Crippen molar-refractivity contribution in [1.82, 2.24) is 5.32 Å². The van der Waals surface area contributed by atoms with Gasteiger partial charge in [0, 0.05) is 17.5 Å². The highest BCUT2D eigenvalue weighted by Crippen LogP contribution is 2.42. The minimum Gasteiger partial charge on any atom is -0.311 e. The molecule has 0 aromatic rings. The van der Waals surface area contributed by atoms with Crippen LogP contribution in [0.1, 0.15) is 85.5 Å². The molecule has 1 fully saturated rings. The van der Waals surface area contributed by atoms with Gasteiger partial charge < -0.3 is 5.32 Å². The van der Waals surface area contributed by atoms with Gasteiger partial charge in [-0.25, -0.2) is 0 Å². The standard InChI is InChI=1S/C22H37N/c1-6-22(4,5)21-16-19(18(21)3)15-17(2)23-20-13-11-9-7-8-10-12-14-20/h6,16-17,20,23H,1,7-15H2,2-5H3. The molecule has 0 aromatic heterocycles. The van der Waals surface area contributed by atoms with Crippen molar-refractivity contribution in [2.75, 3.05) is 0 Å². The lowest BCUT2D eigenvalue weighted by Gasteiger charge is -2.34. The zero-order valence-electron chi connectivity index (χ0n) is 15.9. The molecule has 23 heavy (non-hydrogen) atoms. The summed E-state index contributed by atoms with van der Waals surface area (Å²) in [7, 11) is 0. The van der Waals surface area contributed by atoms with E-state index < -0.39 is 0 Å². The van der Waals surface area contributed by atoms with E-state index in [0.29, 0.717) is 6.04 Å². The van der Waals surface area contributed by atoms with Crippen LogP contribution in [0.4, 0.5) is 0 Å². The Balaban J connectivity index is 1.83. The van der Waals surface area contributed by atoms with Gasteiger partial charge >= 0.3 is 0 Å². The largest absolute Gasteiger partial charge is 0.311 e. The molecule has 1 heteroatoms. The molecule has 0 amide bonds. The van der Waals surface area contributed by atoms with Crippen LogP contribution in [-0.2, 0) is 0 Å². The van der Waals surface area contributed by atoms with E-state index in [0.717, 1.165) is 6.04 Å². The van der Waals surface area contributed by atoms with Crippen LogP contribution in [0.15, 0.2) is 35.5 Å². The van der Waals surface area contributed by atoms with Gasteiger partial charge in [-0.2, -0.15) is 0 Å². The molecule has 0 spiro atoms. The van der Waals surface area contributed by atoms with Gasteiger partial charge in [0.1, 0.15) is 0 Å². The molecule has 2 aliphatic carbocycles. The Hall–Kier alpha value is -0.820. The maximum atomic E-state index is 3.98. The fourth-order valence-corrected chi connectivity index (χ4v) is 4.07. The van der Waals surface area contributed by atoms with Crippen molar-refractivity contribution >= 4 is 0 Å². The Morgan fingerprint density at radius 1 is 1.17 bits per heavy atom. The molecule has 0 aromatic carbocycles. The summed E-state index contributed by atoms with van der Waals surface area (Å²) in [6, 6.07) is 1.31. The van der Waals surface area contributed by atoms with Gasteiger partial charge in [-0.05, 0) is 49.8 Å². The SMILES string of the molecule is C=CC(C)(C)C1=CC(CC(C)NC2CCCCCCCC2)=C1C. The predicted octanol–water partition coefficient (Wildman–Crippen LogP) is 6.33. The first-order valence-corrected chi connectivity index (χ1v) is 9.76. The molecular formula is C22H37N. The molecular weight excluding hydrogens is 278 g/mol. The van der Waals surface area contributed by atoms with Crippen molar-refractivity contribution in [3.05, 3.63) is 35.5 Å². The second kappa shape index (κ2) is 8.33. The van der Waals surface area contributed by atoms with Gasteiger partial charge in [0.05, 0.1) is 0 Å². The molecule has 0 bridgehead atoms.